The molecular weight excluding hydrogens is 334 g/mol. The first-order valence-corrected chi connectivity index (χ1v) is 9.88. The second-order valence-electron chi connectivity index (χ2n) is 7.67. The van der Waals surface area contributed by atoms with Crippen LogP contribution in [0.25, 0.3) is 6.08 Å². The van der Waals surface area contributed by atoms with Crippen LogP contribution in [0.1, 0.15) is 24.8 Å². The Morgan fingerprint density at radius 2 is 1.96 bits per heavy atom. The van der Waals surface area contributed by atoms with E-state index in [4.69, 9.17) is 22.1 Å². The Kier molecular flexibility index (Phi) is 5.20. The van der Waals surface area contributed by atoms with Gasteiger partial charge in [0.15, 0.2) is 0 Å². The lowest BCUT2D eigenvalue weighted by Crippen LogP contribution is -2.35. The third kappa shape index (κ3) is 3.81. The van der Waals surface area contributed by atoms with E-state index in [2.05, 4.69) is 28.0 Å². The minimum atomic E-state index is 0.647. The molecule has 2 N–H and O–H groups in total. The standard InChI is InChI=1S/C20H28ClN3O/c21-18-3-4-19-17(20(18)22)2-1-8-24(19)14-16-5-9-23(13-16)12-15-6-10-25-11-7-15/h1-4,15-16H,5-14,22H2. The lowest BCUT2D eigenvalue weighted by molar-refractivity contribution is 0.0551. The summed E-state index contributed by atoms with van der Waals surface area (Å²) in [6, 6.07) is 4.04. The van der Waals surface area contributed by atoms with E-state index in [9.17, 15) is 0 Å². The van der Waals surface area contributed by atoms with Gasteiger partial charge in [-0.2, -0.15) is 0 Å². The summed E-state index contributed by atoms with van der Waals surface area (Å²) in [6.07, 6.45) is 8.06. The van der Waals surface area contributed by atoms with Gasteiger partial charge in [-0.25, -0.2) is 0 Å². The van der Waals surface area contributed by atoms with Crippen LogP contribution in [0, 0.1) is 11.8 Å². The molecule has 0 saturated carbocycles. The molecule has 4 nitrogen and oxygen atoms in total. The minimum Gasteiger partial charge on any atom is -0.397 e. The molecule has 3 aliphatic rings. The van der Waals surface area contributed by atoms with Crippen molar-refractivity contribution in [2.45, 2.75) is 19.3 Å². The molecule has 1 atom stereocenters. The Balaban J connectivity index is 1.36. The van der Waals surface area contributed by atoms with Gasteiger partial charge in [-0.3, -0.25) is 0 Å². The van der Waals surface area contributed by atoms with E-state index in [0.717, 1.165) is 43.7 Å². The third-order valence-electron chi connectivity index (χ3n) is 5.87. The topological polar surface area (TPSA) is 41.7 Å². The Labute approximate surface area is 155 Å². The van der Waals surface area contributed by atoms with Crippen LogP contribution in [0.5, 0.6) is 0 Å². The number of hydrogen-bond donors (Lipinski definition) is 1. The number of halogens is 1. The quantitative estimate of drug-likeness (QED) is 0.833. The number of nitrogens with two attached hydrogens (primary N) is 1. The molecule has 1 aromatic rings. The molecule has 2 saturated heterocycles. The summed E-state index contributed by atoms with van der Waals surface area (Å²) in [5, 5.41) is 0.647. The van der Waals surface area contributed by atoms with Crippen molar-refractivity contribution >= 4 is 29.1 Å². The smallest absolute Gasteiger partial charge is 0.0643 e. The van der Waals surface area contributed by atoms with Crippen LogP contribution < -0.4 is 10.6 Å². The first-order chi connectivity index (χ1) is 12.2. The van der Waals surface area contributed by atoms with E-state index in [1.807, 2.05) is 6.07 Å². The number of anilines is 2. The first-order valence-electron chi connectivity index (χ1n) is 9.50. The van der Waals surface area contributed by atoms with E-state index >= 15 is 0 Å². The fourth-order valence-corrected chi connectivity index (χ4v) is 4.62. The molecule has 0 amide bonds. The number of hydrogen-bond acceptors (Lipinski definition) is 4. The molecule has 1 aromatic carbocycles. The molecule has 3 heterocycles. The van der Waals surface area contributed by atoms with E-state index in [1.165, 1.54) is 44.6 Å². The number of rotatable bonds is 4. The second kappa shape index (κ2) is 7.56. The van der Waals surface area contributed by atoms with Crippen molar-refractivity contribution in [3.8, 4) is 0 Å². The Morgan fingerprint density at radius 3 is 2.80 bits per heavy atom. The van der Waals surface area contributed by atoms with Crippen molar-refractivity contribution in [1.29, 1.82) is 0 Å². The van der Waals surface area contributed by atoms with Crippen LogP contribution in [0.15, 0.2) is 18.2 Å². The maximum atomic E-state index is 6.18. The average molecular weight is 362 g/mol. The zero-order valence-corrected chi connectivity index (χ0v) is 15.5. The van der Waals surface area contributed by atoms with Crippen molar-refractivity contribution in [3.05, 3.63) is 28.8 Å². The summed E-state index contributed by atoms with van der Waals surface area (Å²) in [7, 11) is 0. The maximum absolute atomic E-state index is 6.18. The Morgan fingerprint density at radius 1 is 1.12 bits per heavy atom. The normalized spacial score (nSPS) is 24.7. The zero-order valence-electron chi connectivity index (χ0n) is 14.8. The van der Waals surface area contributed by atoms with Crippen LogP contribution in [0.4, 0.5) is 11.4 Å². The summed E-state index contributed by atoms with van der Waals surface area (Å²) >= 11 is 6.18. The maximum Gasteiger partial charge on any atom is 0.0643 e. The molecule has 136 valence electrons. The molecule has 0 aromatic heterocycles. The molecule has 5 heteroatoms. The minimum absolute atomic E-state index is 0.647. The Hall–Kier alpha value is -1.23. The number of nitrogen functional groups attached to an aromatic ring is 1. The molecule has 4 rings (SSSR count). The van der Waals surface area contributed by atoms with Gasteiger partial charge in [-0.1, -0.05) is 23.8 Å². The summed E-state index contributed by atoms with van der Waals surface area (Å²) in [4.78, 5) is 5.13. The molecule has 2 fully saturated rings. The van der Waals surface area contributed by atoms with E-state index < -0.39 is 0 Å². The summed E-state index contributed by atoms with van der Waals surface area (Å²) in [5.41, 5.74) is 9.18. The predicted molar refractivity (Wildman–Crippen MR) is 105 cm³/mol. The van der Waals surface area contributed by atoms with Crippen LogP contribution in [0.2, 0.25) is 5.02 Å². The molecular formula is C20H28ClN3O. The fraction of sp³-hybridized carbons (Fsp3) is 0.600. The van der Waals surface area contributed by atoms with E-state index in [0.29, 0.717) is 10.7 Å². The second-order valence-corrected chi connectivity index (χ2v) is 8.08. The summed E-state index contributed by atoms with van der Waals surface area (Å²) < 4.78 is 5.49. The Bertz CT molecular complexity index is 642. The monoisotopic (exact) mass is 361 g/mol. The van der Waals surface area contributed by atoms with E-state index in [1.54, 1.807) is 0 Å². The van der Waals surface area contributed by atoms with Crippen molar-refractivity contribution < 1.29 is 4.74 Å². The van der Waals surface area contributed by atoms with E-state index in [-0.39, 0.29) is 0 Å². The van der Waals surface area contributed by atoms with Gasteiger partial charge < -0.3 is 20.3 Å². The highest BCUT2D eigenvalue weighted by Crippen LogP contribution is 2.36. The van der Waals surface area contributed by atoms with Gasteiger partial charge in [0.1, 0.15) is 0 Å². The molecule has 0 aliphatic carbocycles. The lowest BCUT2D eigenvalue weighted by atomic mass is 10.00. The predicted octanol–water partition coefficient (Wildman–Crippen LogP) is 3.50. The summed E-state index contributed by atoms with van der Waals surface area (Å²) in [5.74, 6) is 1.56. The van der Waals surface area contributed by atoms with Gasteiger partial charge in [0.25, 0.3) is 0 Å². The fourth-order valence-electron chi connectivity index (χ4n) is 4.45. The number of ether oxygens (including phenoxy) is 1. The van der Waals surface area contributed by atoms with Gasteiger partial charge in [0.2, 0.25) is 0 Å². The molecule has 3 aliphatic heterocycles. The van der Waals surface area contributed by atoms with Gasteiger partial charge in [0, 0.05) is 50.6 Å². The largest absolute Gasteiger partial charge is 0.397 e. The average Bonchev–Trinajstić information content (AvgIpc) is 3.06. The molecule has 25 heavy (non-hydrogen) atoms. The first kappa shape index (κ1) is 17.2. The van der Waals surface area contributed by atoms with Crippen LogP contribution in [-0.2, 0) is 4.74 Å². The van der Waals surface area contributed by atoms with Gasteiger partial charge in [-0.05, 0) is 49.8 Å². The molecule has 0 radical (unpaired) electrons. The molecule has 0 spiro atoms. The SMILES string of the molecule is Nc1c(Cl)ccc2c1C=CCN2CC1CCN(CC2CCOCC2)C1. The van der Waals surface area contributed by atoms with Gasteiger partial charge in [-0.15, -0.1) is 0 Å². The highest BCUT2D eigenvalue weighted by atomic mass is 35.5. The lowest BCUT2D eigenvalue weighted by Gasteiger charge is -2.32. The highest BCUT2D eigenvalue weighted by molar-refractivity contribution is 6.33. The summed E-state index contributed by atoms with van der Waals surface area (Å²) in [6.45, 7) is 7.66. The van der Waals surface area contributed by atoms with Gasteiger partial charge >= 0.3 is 0 Å². The highest BCUT2D eigenvalue weighted by Gasteiger charge is 2.28. The number of nitrogens with zero attached hydrogens (tertiary/aromatic N) is 2. The number of fused-ring (bicyclic) bond motifs is 1. The van der Waals surface area contributed by atoms with Crippen LogP contribution in [0.3, 0.4) is 0 Å². The molecule has 1 unspecified atom stereocenters. The van der Waals surface area contributed by atoms with Crippen molar-refractivity contribution in [2.75, 3.05) is 56.6 Å². The zero-order chi connectivity index (χ0) is 17.2. The molecule has 0 bridgehead atoms. The number of likely N-dealkylation sites (tertiary alicyclic amines) is 1. The van der Waals surface area contributed by atoms with Crippen molar-refractivity contribution in [3.63, 3.8) is 0 Å². The third-order valence-corrected chi connectivity index (χ3v) is 6.20. The van der Waals surface area contributed by atoms with Crippen LogP contribution in [-0.4, -0.2) is 50.8 Å². The van der Waals surface area contributed by atoms with Gasteiger partial charge in [0.05, 0.1) is 10.7 Å². The number of benzene rings is 1. The van der Waals surface area contributed by atoms with Crippen molar-refractivity contribution in [2.24, 2.45) is 11.8 Å². The van der Waals surface area contributed by atoms with Crippen LogP contribution >= 0.6 is 11.6 Å². The van der Waals surface area contributed by atoms with Crippen molar-refractivity contribution in [1.82, 2.24) is 4.90 Å².